The Morgan fingerprint density at radius 1 is 1.54 bits per heavy atom. The number of ether oxygens (including phenoxy) is 1. The summed E-state index contributed by atoms with van der Waals surface area (Å²) < 4.78 is 5.41. The molecule has 0 spiro atoms. The molecule has 0 fully saturated rings. The summed E-state index contributed by atoms with van der Waals surface area (Å²) in [7, 11) is 1.49. The maximum absolute atomic E-state index is 9.68. The molecule has 0 radical (unpaired) electrons. The van der Waals surface area contributed by atoms with E-state index in [1.165, 1.54) is 10.2 Å². The number of fused-ring (bicyclic) bond motifs is 1. The van der Waals surface area contributed by atoms with E-state index in [1.54, 1.807) is 0 Å². The van der Waals surface area contributed by atoms with Crippen LogP contribution in [-0.2, 0) is 0 Å². The van der Waals surface area contributed by atoms with Crippen molar-refractivity contribution in [3.8, 4) is 5.75 Å². The average Bonchev–Trinajstić information content (AvgIpc) is 2.18. The molecule has 1 aromatic rings. The molecule has 1 aliphatic rings. The van der Waals surface area contributed by atoms with Crippen LogP contribution in [0.15, 0.2) is 23.1 Å². The second kappa shape index (κ2) is 3.90. The molecule has 1 aliphatic heterocycles. The van der Waals surface area contributed by atoms with Crippen LogP contribution in [0.25, 0.3) is 0 Å². The molecule has 0 bridgehead atoms. The summed E-state index contributed by atoms with van der Waals surface area (Å²) >= 11 is 3.30. The summed E-state index contributed by atoms with van der Waals surface area (Å²) in [6.45, 7) is 0.606. The first-order chi connectivity index (χ1) is 6.31. The maximum atomic E-state index is 9.68. The van der Waals surface area contributed by atoms with E-state index in [0.29, 0.717) is 13.0 Å². The zero-order valence-corrected chi connectivity index (χ0v) is 9.27. The predicted molar refractivity (Wildman–Crippen MR) is 56.3 cm³/mol. The molecule has 1 unspecified atom stereocenters. The van der Waals surface area contributed by atoms with Gasteiger partial charge in [-0.3, -0.25) is 0 Å². The van der Waals surface area contributed by atoms with Gasteiger partial charge in [-0.2, -0.15) is 0 Å². The largest absolute Gasteiger partial charge is 0.493 e. The fourth-order valence-electron chi connectivity index (χ4n) is 1.40. The van der Waals surface area contributed by atoms with Crippen molar-refractivity contribution < 1.29 is 9.84 Å². The van der Waals surface area contributed by atoms with Crippen molar-refractivity contribution in [2.24, 2.45) is 0 Å². The van der Waals surface area contributed by atoms with Gasteiger partial charge < -0.3 is 9.84 Å². The van der Waals surface area contributed by atoms with Gasteiger partial charge in [-0.05, 0) is 43.2 Å². The third kappa shape index (κ3) is 1.85. The SMILES string of the molecule is OC1CCOc2ccc(SBr)cc21. The van der Waals surface area contributed by atoms with E-state index in [4.69, 9.17) is 4.74 Å². The Kier molecular flexibility index (Phi) is 2.81. The van der Waals surface area contributed by atoms with Gasteiger partial charge in [-0.25, -0.2) is 0 Å². The van der Waals surface area contributed by atoms with Crippen LogP contribution in [0.1, 0.15) is 18.1 Å². The van der Waals surface area contributed by atoms with Crippen molar-refractivity contribution in [2.75, 3.05) is 6.61 Å². The van der Waals surface area contributed by atoms with Gasteiger partial charge in [-0.1, -0.05) is 0 Å². The number of rotatable bonds is 1. The maximum Gasteiger partial charge on any atom is 0.125 e. The highest BCUT2D eigenvalue weighted by Crippen LogP contribution is 2.36. The summed E-state index contributed by atoms with van der Waals surface area (Å²) in [4.78, 5) is 1.09. The highest BCUT2D eigenvalue weighted by molar-refractivity contribution is 9.50. The van der Waals surface area contributed by atoms with Gasteiger partial charge in [0.2, 0.25) is 0 Å². The molecule has 0 aliphatic carbocycles. The topological polar surface area (TPSA) is 29.5 Å². The molecule has 0 amide bonds. The second-order valence-corrected chi connectivity index (χ2v) is 4.53. The summed E-state index contributed by atoms with van der Waals surface area (Å²) in [5, 5.41) is 9.68. The smallest absolute Gasteiger partial charge is 0.125 e. The van der Waals surface area contributed by atoms with Gasteiger partial charge in [0.05, 0.1) is 12.7 Å². The molecule has 0 saturated heterocycles. The quantitative estimate of drug-likeness (QED) is 0.842. The standard InChI is InChI=1S/C9H9BrO2S/c10-13-6-1-2-9-7(5-6)8(11)3-4-12-9/h1-2,5,8,11H,3-4H2. The third-order valence-corrected chi connectivity index (χ3v) is 3.63. The van der Waals surface area contributed by atoms with Gasteiger partial charge in [-0.15, -0.1) is 0 Å². The fraction of sp³-hybridized carbons (Fsp3) is 0.333. The summed E-state index contributed by atoms with van der Waals surface area (Å²) in [5.74, 6) is 0.809. The average molecular weight is 261 g/mol. The number of halogens is 1. The van der Waals surface area contributed by atoms with Crippen molar-refractivity contribution in [2.45, 2.75) is 17.4 Å². The minimum Gasteiger partial charge on any atom is -0.493 e. The lowest BCUT2D eigenvalue weighted by molar-refractivity contribution is 0.115. The molecule has 1 heterocycles. The summed E-state index contributed by atoms with van der Waals surface area (Å²) in [6.07, 6.45) is 0.312. The lowest BCUT2D eigenvalue weighted by Crippen LogP contribution is -2.13. The van der Waals surface area contributed by atoms with Crippen molar-refractivity contribution in [1.82, 2.24) is 0 Å². The lowest BCUT2D eigenvalue weighted by Gasteiger charge is -2.22. The van der Waals surface area contributed by atoms with E-state index in [9.17, 15) is 5.11 Å². The molecule has 2 rings (SSSR count). The van der Waals surface area contributed by atoms with Crippen LogP contribution < -0.4 is 4.74 Å². The molecular weight excluding hydrogens is 252 g/mol. The first kappa shape index (κ1) is 9.37. The Labute approximate surface area is 88.5 Å². The first-order valence-corrected chi connectivity index (χ1v) is 6.70. The number of benzene rings is 1. The fourth-order valence-corrected chi connectivity index (χ4v) is 2.30. The molecule has 1 N–H and O–H groups in total. The van der Waals surface area contributed by atoms with Gasteiger partial charge >= 0.3 is 0 Å². The zero-order valence-electron chi connectivity index (χ0n) is 6.87. The molecular formula is C9H9BrO2S. The molecule has 0 aromatic heterocycles. The highest BCUT2D eigenvalue weighted by Gasteiger charge is 2.19. The van der Waals surface area contributed by atoms with E-state index >= 15 is 0 Å². The van der Waals surface area contributed by atoms with Crippen molar-refractivity contribution in [1.29, 1.82) is 0 Å². The Hall–Kier alpha value is -0.190. The van der Waals surface area contributed by atoms with Crippen LogP contribution in [0.2, 0.25) is 0 Å². The molecule has 70 valence electrons. The van der Waals surface area contributed by atoms with Crippen molar-refractivity contribution in [3.63, 3.8) is 0 Å². The molecule has 0 saturated carbocycles. The van der Waals surface area contributed by atoms with Crippen LogP contribution in [0.5, 0.6) is 5.75 Å². The number of hydrogen-bond acceptors (Lipinski definition) is 3. The van der Waals surface area contributed by atoms with Crippen LogP contribution in [0.3, 0.4) is 0 Å². The number of aliphatic hydroxyl groups is 1. The van der Waals surface area contributed by atoms with E-state index in [0.717, 1.165) is 16.2 Å². The second-order valence-electron chi connectivity index (χ2n) is 2.93. The number of hydrogen-bond donors (Lipinski definition) is 1. The van der Waals surface area contributed by atoms with Crippen LogP contribution >= 0.6 is 25.0 Å². The van der Waals surface area contributed by atoms with E-state index in [1.807, 2.05) is 18.2 Å². The minimum absolute atomic E-state index is 0.372. The molecule has 2 nitrogen and oxygen atoms in total. The molecule has 13 heavy (non-hydrogen) atoms. The molecule has 1 atom stereocenters. The number of aliphatic hydroxyl groups excluding tert-OH is 1. The van der Waals surface area contributed by atoms with E-state index in [2.05, 4.69) is 14.8 Å². The van der Waals surface area contributed by atoms with Gasteiger partial charge in [0, 0.05) is 16.9 Å². The Morgan fingerprint density at radius 3 is 3.15 bits per heavy atom. The normalized spacial score (nSPS) is 20.6. The monoisotopic (exact) mass is 260 g/mol. The summed E-state index contributed by atoms with van der Waals surface area (Å²) in [5.41, 5.74) is 0.899. The van der Waals surface area contributed by atoms with E-state index in [-0.39, 0.29) is 6.10 Å². The van der Waals surface area contributed by atoms with E-state index < -0.39 is 0 Å². The van der Waals surface area contributed by atoms with Gasteiger partial charge in [0.1, 0.15) is 5.75 Å². The zero-order chi connectivity index (χ0) is 9.26. The van der Waals surface area contributed by atoms with Gasteiger partial charge in [0.15, 0.2) is 0 Å². The van der Waals surface area contributed by atoms with Crippen LogP contribution in [-0.4, -0.2) is 11.7 Å². The molecule has 4 heteroatoms. The summed E-state index contributed by atoms with van der Waals surface area (Å²) in [6, 6.07) is 5.83. The van der Waals surface area contributed by atoms with Gasteiger partial charge in [0.25, 0.3) is 0 Å². The Balaban J connectivity index is 2.41. The first-order valence-electron chi connectivity index (χ1n) is 4.04. The van der Waals surface area contributed by atoms with Crippen LogP contribution in [0.4, 0.5) is 0 Å². The highest BCUT2D eigenvalue weighted by atomic mass is 79.9. The predicted octanol–water partition coefficient (Wildman–Crippen LogP) is 2.90. The van der Waals surface area contributed by atoms with Crippen molar-refractivity contribution >= 4 is 25.0 Å². The Morgan fingerprint density at radius 2 is 2.38 bits per heavy atom. The lowest BCUT2D eigenvalue weighted by atomic mass is 10.0. The van der Waals surface area contributed by atoms with Crippen molar-refractivity contribution in [3.05, 3.63) is 23.8 Å². The third-order valence-electron chi connectivity index (χ3n) is 2.08. The minimum atomic E-state index is -0.372. The molecule has 1 aromatic carbocycles. The van der Waals surface area contributed by atoms with Crippen LogP contribution in [0, 0.1) is 0 Å². The Bertz CT molecular complexity index is 316.